The van der Waals surface area contributed by atoms with Crippen LogP contribution in [0.1, 0.15) is 45.1 Å². The molecule has 2 atom stereocenters. The molecule has 2 rings (SSSR count). The van der Waals surface area contributed by atoms with Gasteiger partial charge in [-0.2, -0.15) is 0 Å². The van der Waals surface area contributed by atoms with E-state index in [0.29, 0.717) is 16.9 Å². The first kappa shape index (κ1) is 13.8. The summed E-state index contributed by atoms with van der Waals surface area (Å²) < 4.78 is 13.3. The summed E-state index contributed by atoms with van der Waals surface area (Å²) in [6, 6.07) is 4.68. The van der Waals surface area contributed by atoms with E-state index in [0.717, 1.165) is 18.5 Å². The summed E-state index contributed by atoms with van der Waals surface area (Å²) >= 11 is 6.17. The fourth-order valence-electron chi connectivity index (χ4n) is 2.46. The van der Waals surface area contributed by atoms with Crippen LogP contribution in [0.25, 0.3) is 0 Å². The van der Waals surface area contributed by atoms with Crippen LogP contribution < -0.4 is 5.32 Å². The minimum atomic E-state index is -0.191. The van der Waals surface area contributed by atoms with Crippen LogP contribution in [0.5, 0.6) is 0 Å². The Balaban J connectivity index is 2.03. The van der Waals surface area contributed by atoms with E-state index in [2.05, 4.69) is 26.1 Å². The van der Waals surface area contributed by atoms with Crippen molar-refractivity contribution in [3.8, 4) is 0 Å². The van der Waals surface area contributed by atoms with Crippen LogP contribution in [-0.4, -0.2) is 12.1 Å². The number of benzene rings is 1. The average Bonchev–Trinajstić information content (AvgIpc) is 2.20. The second-order valence-electron chi connectivity index (χ2n) is 6.24. The fourth-order valence-corrected chi connectivity index (χ4v) is 2.72. The molecule has 1 nitrogen and oxygen atoms in total. The molecule has 1 aliphatic rings. The third-order valence-electron chi connectivity index (χ3n) is 3.67. The lowest BCUT2D eigenvalue weighted by molar-refractivity contribution is 0.225. The molecule has 1 fully saturated rings. The summed E-state index contributed by atoms with van der Waals surface area (Å²) in [6.45, 7) is 7.46. The molecule has 1 N–H and O–H groups in total. The van der Waals surface area contributed by atoms with Gasteiger partial charge in [-0.25, -0.2) is 4.39 Å². The molecule has 1 aliphatic carbocycles. The Bertz CT molecular complexity index is 425. The number of hydrogen-bond donors (Lipinski definition) is 1. The Morgan fingerprint density at radius 2 is 2.06 bits per heavy atom. The molecule has 0 amide bonds. The number of hydrogen-bond acceptors (Lipinski definition) is 1. The fraction of sp³-hybridized carbons (Fsp3) is 0.600. The molecule has 0 saturated heterocycles. The highest BCUT2D eigenvalue weighted by Crippen LogP contribution is 2.44. The van der Waals surface area contributed by atoms with Gasteiger partial charge in [-0.15, -0.1) is 0 Å². The predicted octanol–water partition coefficient (Wildman–Crippen LogP) is 4.36. The monoisotopic (exact) mass is 269 g/mol. The van der Waals surface area contributed by atoms with Gasteiger partial charge in [0, 0.05) is 10.6 Å². The second kappa shape index (κ2) is 5.18. The minimum Gasteiger partial charge on any atom is -0.312 e. The van der Waals surface area contributed by atoms with Gasteiger partial charge in [-0.3, -0.25) is 0 Å². The summed E-state index contributed by atoms with van der Waals surface area (Å²) in [6.07, 6.45) is 2.31. The van der Waals surface area contributed by atoms with E-state index >= 15 is 0 Å². The maximum atomic E-state index is 13.3. The third kappa shape index (κ3) is 3.24. The molecule has 2 unspecified atom stereocenters. The number of halogens is 2. The maximum absolute atomic E-state index is 13.3. The Morgan fingerprint density at radius 3 is 2.61 bits per heavy atom. The van der Waals surface area contributed by atoms with Gasteiger partial charge in [0.15, 0.2) is 0 Å². The zero-order chi connectivity index (χ0) is 13.3. The first-order chi connectivity index (χ1) is 8.37. The Morgan fingerprint density at radius 1 is 1.33 bits per heavy atom. The molecule has 3 heteroatoms. The molecule has 0 spiro atoms. The summed E-state index contributed by atoms with van der Waals surface area (Å²) in [5, 5.41) is 4.22. The Kier molecular flexibility index (Phi) is 3.98. The lowest BCUT2D eigenvalue weighted by Gasteiger charge is -2.39. The molecule has 0 aliphatic heterocycles. The van der Waals surface area contributed by atoms with Gasteiger partial charge in [-0.1, -0.05) is 11.6 Å². The van der Waals surface area contributed by atoms with Crippen molar-refractivity contribution in [2.45, 2.75) is 45.1 Å². The Labute approximate surface area is 114 Å². The van der Waals surface area contributed by atoms with E-state index < -0.39 is 0 Å². The maximum Gasteiger partial charge on any atom is 0.123 e. The molecule has 100 valence electrons. The highest BCUT2D eigenvalue weighted by Gasteiger charge is 2.33. The van der Waals surface area contributed by atoms with Gasteiger partial charge in [0.05, 0.1) is 0 Å². The van der Waals surface area contributed by atoms with Crippen LogP contribution in [0.15, 0.2) is 18.2 Å². The SMILES string of the molecule is CC(C)(C)NCC1CCC1c1cc(F)ccc1Cl. The van der Waals surface area contributed by atoms with Crippen molar-refractivity contribution in [3.63, 3.8) is 0 Å². The molecule has 0 heterocycles. The number of nitrogens with one attached hydrogen (secondary N) is 1. The average molecular weight is 270 g/mol. The molecular formula is C15H21ClFN. The topological polar surface area (TPSA) is 12.0 Å². The quantitative estimate of drug-likeness (QED) is 0.860. The predicted molar refractivity (Wildman–Crippen MR) is 74.6 cm³/mol. The molecule has 1 aromatic carbocycles. The van der Waals surface area contributed by atoms with Crippen molar-refractivity contribution < 1.29 is 4.39 Å². The van der Waals surface area contributed by atoms with Crippen LogP contribution in [0, 0.1) is 11.7 Å². The zero-order valence-corrected chi connectivity index (χ0v) is 12.0. The zero-order valence-electron chi connectivity index (χ0n) is 11.3. The highest BCUT2D eigenvalue weighted by atomic mass is 35.5. The van der Waals surface area contributed by atoms with Gasteiger partial charge in [0.1, 0.15) is 5.82 Å². The van der Waals surface area contributed by atoms with Gasteiger partial charge in [0.2, 0.25) is 0 Å². The van der Waals surface area contributed by atoms with Crippen molar-refractivity contribution >= 4 is 11.6 Å². The molecular weight excluding hydrogens is 249 g/mol. The summed E-state index contributed by atoms with van der Waals surface area (Å²) in [5.74, 6) is 0.787. The van der Waals surface area contributed by atoms with Crippen LogP contribution in [0.2, 0.25) is 5.02 Å². The van der Waals surface area contributed by atoms with Crippen molar-refractivity contribution in [1.29, 1.82) is 0 Å². The van der Waals surface area contributed by atoms with E-state index in [4.69, 9.17) is 11.6 Å². The third-order valence-corrected chi connectivity index (χ3v) is 4.01. The minimum absolute atomic E-state index is 0.131. The first-order valence-corrected chi connectivity index (χ1v) is 6.94. The van der Waals surface area contributed by atoms with Crippen LogP contribution in [-0.2, 0) is 0 Å². The van der Waals surface area contributed by atoms with E-state index in [-0.39, 0.29) is 11.4 Å². The Hall–Kier alpha value is -0.600. The molecule has 1 aromatic rings. The van der Waals surface area contributed by atoms with Crippen molar-refractivity contribution in [2.24, 2.45) is 5.92 Å². The molecule has 0 aromatic heterocycles. The van der Waals surface area contributed by atoms with Gasteiger partial charge in [-0.05, 0) is 75.8 Å². The smallest absolute Gasteiger partial charge is 0.123 e. The van der Waals surface area contributed by atoms with Crippen molar-refractivity contribution in [1.82, 2.24) is 5.32 Å². The van der Waals surface area contributed by atoms with E-state index in [9.17, 15) is 4.39 Å². The summed E-state index contributed by atoms with van der Waals surface area (Å²) in [4.78, 5) is 0. The molecule has 0 bridgehead atoms. The standard InChI is InChI=1S/C15H21ClFN/c1-15(2,3)18-9-10-4-6-12(10)13-8-11(17)5-7-14(13)16/h5,7-8,10,12,18H,4,6,9H2,1-3H3. The second-order valence-corrected chi connectivity index (χ2v) is 6.65. The van der Waals surface area contributed by atoms with Crippen LogP contribution in [0.4, 0.5) is 4.39 Å². The largest absolute Gasteiger partial charge is 0.312 e. The van der Waals surface area contributed by atoms with E-state index in [1.165, 1.54) is 12.5 Å². The van der Waals surface area contributed by atoms with Crippen molar-refractivity contribution in [2.75, 3.05) is 6.54 Å². The van der Waals surface area contributed by atoms with Gasteiger partial charge < -0.3 is 5.32 Å². The summed E-state index contributed by atoms with van der Waals surface area (Å²) in [7, 11) is 0. The van der Waals surface area contributed by atoms with Crippen molar-refractivity contribution in [3.05, 3.63) is 34.6 Å². The lowest BCUT2D eigenvalue weighted by Crippen LogP contribution is -2.43. The van der Waals surface area contributed by atoms with Gasteiger partial charge in [0.25, 0.3) is 0 Å². The highest BCUT2D eigenvalue weighted by molar-refractivity contribution is 6.31. The van der Waals surface area contributed by atoms with Crippen LogP contribution in [0.3, 0.4) is 0 Å². The lowest BCUT2D eigenvalue weighted by atomic mass is 9.69. The van der Waals surface area contributed by atoms with E-state index in [1.807, 2.05) is 0 Å². The normalized spacial score (nSPS) is 23.8. The molecule has 0 radical (unpaired) electrons. The first-order valence-electron chi connectivity index (χ1n) is 6.57. The molecule has 18 heavy (non-hydrogen) atoms. The molecule has 1 saturated carbocycles. The number of rotatable bonds is 3. The van der Waals surface area contributed by atoms with Crippen LogP contribution >= 0.6 is 11.6 Å². The van der Waals surface area contributed by atoms with E-state index in [1.54, 1.807) is 12.1 Å². The summed E-state index contributed by atoms with van der Waals surface area (Å²) in [5.41, 5.74) is 1.11. The van der Waals surface area contributed by atoms with Gasteiger partial charge >= 0.3 is 0 Å².